The van der Waals surface area contributed by atoms with Gasteiger partial charge in [0.2, 0.25) is 5.91 Å². The van der Waals surface area contributed by atoms with Crippen molar-refractivity contribution in [2.24, 2.45) is 0 Å². The highest BCUT2D eigenvalue weighted by molar-refractivity contribution is 9.09. The summed E-state index contributed by atoms with van der Waals surface area (Å²) in [6, 6.07) is 9.98. The maximum absolute atomic E-state index is 11.5. The highest BCUT2D eigenvalue weighted by atomic mass is 79.9. The van der Waals surface area contributed by atoms with Crippen LogP contribution in [0, 0.1) is 0 Å². The molecule has 4 heteroatoms. The summed E-state index contributed by atoms with van der Waals surface area (Å²) < 4.78 is 0. The van der Waals surface area contributed by atoms with Crippen LogP contribution in [0.1, 0.15) is 19.8 Å². The van der Waals surface area contributed by atoms with Gasteiger partial charge in [-0.1, -0.05) is 41.1 Å². The Morgan fingerprint density at radius 3 is 2.76 bits per heavy atom. The summed E-state index contributed by atoms with van der Waals surface area (Å²) in [5.41, 5.74) is 0. The predicted molar refractivity (Wildman–Crippen MR) is 77.8 cm³/mol. The number of nitrogens with one attached hydrogen (secondary N) is 1. The van der Waals surface area contributed by atoms with Crippen LogP contribution in [0.4, 0.5) is 0 Å². The van der Waals surface area contributed by atoms with E-state index in [4.69, 9.17) is 0 Å². The molecule has 17 heavy (non-hydrogen) atoms. The Bertz CT molecular complexity index is 329. The van der Waals surface area contributed by atoms with E-state index in [9.17, 15) is 4.79 Å². The maximum Gasteiger partial charge on any atom is 0.230 e. The molecular weight excluding hydrogens is 298 g/mol. The summed E-state index contributed by atoms with van der Waals surface area (Å²) >= 11 is 5.06. The Hall–Kier alpha value is -0.480. The highest BCUT2D eigenvalue weighted by Crippen LogP contribution is 2.16. The average Bonchev–Trinajstić information content (AvgIpc) is 2.33. The third kappa shape index (κ3) is 7.45. The van der Waals surface area contributed by atoms with Crippen LogP contribution < -0.4 is 5.32 Å². The summed E-state index contributed by atoms with van der Waals surface area (Å²) in [5.74, 6) is 0.606. The van der Waals surface area contributed by atoms with Crippen LogP contribution in [0.25, 0.3) is 0 Å². The zero-order valence-electron chi connectivity index (χ0n) is 9.99. The molecule has 0 saturated heterocycles. The number of rotatable bonds is 7. The summed E-state index contributed by atoms with van der Waals surface area (Å²) in [4.78, 5) is 13.2. The molecular formula is C13H18BrNOS. The molecule has 94 valence electrons. The predicted octanol–water partition coefficient (Wildman–Crippen LogP) is 3.46. The monoisotopic (exact) mass is 315 g/mol. The summed E-state index contributed by atoms with van der Waals surface area (Å²) in [5, 5.41) is 2.93. The molecule has 2 nitrogen and oxygen atoms in total. The van der Waals surface area contributed by atoms with E-state index < -0.39 is 0 Å². The van der Waals surface area contributed by atoms with Crippen LogP contribution in [-0.4, -0.2) is 23.0 Å². The van der Waals surface area contributed by atoms with Gasteiger partial charge in [0.05, 0.1) is 5.75 Å². The van der Waals surface area contributed by atoms with E-state index in [1.165, 1.54) is 0 Å². The van der Waals surface area contributed by atoms with Crippen LogP contribution in [0.5, 0.6) is 0 Å². The first-order valence-electron chi connectivity index (χ1n) is 5.77. The number of hydrogen-bond donors (Lipinski definition) is 1. The molecule has 1 unspecified atom stereocenters. The van der Waals surface area contributed by atoms with Gasteiger partial charge in [0.25, 0.3) is 0 Å². The molecule has 0 heterocycles. The van der Waals surface area contributed by atoms with Gasteiger partial charge in [0.15, 0.2) is 0 Å². The van der Waals surface area contributed by atoms with E-state index in [1.807, 2.05) is 30.3 Å². The molecule has 0 aliphatic carbocycles. The third-order valence-electron chi connectivity index (χ3n) is 2.21. The minimum Gasteiger partial charge on any atom is -0.355 e. The lowest BCUT2D eigenvalue weighted by molar-refractivity contribution is -0.118. The van der Waals surface area contributed by atoms with Crippen molar-refractivity contribution in [1.82, 2.24) is 5.32 Å². The van der Waals surface area contributed by atoms with E-state index >= 15 is 0 Å². The molecule has 0 fully saturated rings. The summed E-state index contributed by atoms with van der Waals surface area (Å²) in [6.07, 6.45) is 2.11. The molecule has 0 aromatic heterocycles. The van der Waals surface area contributed by atoms with Crippen molar-refractivity contribution in [3.8, 4) is 0 Å². The Morgan fingerprint density at radius 1 is 1.41 bits per heavy atom. The molecule has 1 atom stereocenters. The number of benzene rings is 1. The molecule has 0 saturated carbocycles. The molecule has 0 aliphatic rings. The number of thioether (sulfide) groups is 1. The molecule has 1 amide bonds. The molecule has 1 aromatic carbocycles. The molecule has 1 N–H and O–H groups in total. The second-order valence-corrected chi connectivity index (χ2v) is 6.49. The smallest absolute Gasteiger partial charge is 0.230 e. The zero-order valence-corrected chi connectivity index (χ0v) is 12.4. The van der Waals surface area contributed by atoms with E-state index in [0.717, 1.165) is 24.3 Å². The second kappa shape index (κ2) is 8.59. The highest BCUT2D eigenvalue weighted by Gasteiger charge is 2.02. The lowest BCUT2D eigenvalue weighted by Gasteiger charge is -2.06. The fraction of sp³-hybridized carbons (Fsp3) is 0.462. The largest absolute Gasteiger partial charge is 0.355 e. The van der Waals surface area contributed by atoms with Gasteiger partial charge in [0, 0.05) is 16.3 Å². The lowest BCUT2D eigenvalue weighted by atomic mass is 10.2. The maximum atomic E-state index is 11.5. The standard InChI is InChI=1S/C13H18BrNOS/c1-11(14)6-5-9-15-13(16)10-17-12-7-3-2-4-8-12/h2-4,7-8,11H,5-6,9-10H2,1H3,(H,15,16). The molecule has 0 spiro atoms. The first kappa shape index (κ1) is 14.6. The van der Waals surface area contributed by atoms with Crippen LogP contribution in [0.15, 0.2) is 35.2 Å². The Morgan fingerprint density at radius 2 is 2.12 bits per heavy atom. The topological polar surface area (TPSA) is 29.1 Å². The van der Waals surface area contributed by atoms with Gasteiger partial charge in [0.1, 0.15) is 0 Å². The fourth-order valence-corrected chi connectivity index (χ4v) is 2.40. The zero-order chi connectivity index (χ0) is 12.5. The van der Waals surface area contributed by atoms with Gasteiger partial charge in [-0.3, -0.25) is 4.79 Å². The number of hydrogen-bond acceptors (Lipinski definition) is 2. The van der Waals surface area contributed by atoms with Gasteiger partial charge < -0.3 is 5.32 Å². The minimum atomic E-state index is 0.112. The van der Waals surface area contributed by atoms with Crippen LogP contribution in [-0.2, 0) is 4.79 Å². The second-order valence-electron chi connectivity index (χ2n) is 3.87. The van der Waals surface area contributed by atoms with Crippen molar-refractivity contribution in [1.29, 1.82) is 0 Å². The van der Waals surface area contributed by atoms with Crippen molar-refractivity contribution >= 4 is 33.6 Å². The molecule has 0 bridgehead atoms. The molecule has 0 radical (unpaired) electrons. The van der Waals surface area contributed by atoms with E-state index in [-0.39, 0.29) is 5.91 Å². The van der Waals surface area contributed by atoms with Crippen molar-refractivity contribution in [3.63, 3.8) is 0 Å². The Kier molecular flexibility index (Phi) is 7.37. The fourth-order valence-electron chi connectivity index (χ4n) is 1.33. The Balaban J connectivity index is 2.09. The van der Waals surface area contributed by atoms with Gasteiger partial charge in [-0.25, -0.2) is 0 Å². The van der Waals surface area contributed by atoms with E-state index in [0.29, 0.717) is 10.6 Å². The van der Waals surface area contributed by atoms with Gasteiger partial charge in [-0.05, 0) is 25.0 Å². The number of halogens is 1. The van der Waals surface area contributed by atoms with Crippen LogP contribution in [0.2, 0.25) is 0 Å². The van der Waals surface area contributed by atoms with E-state index in [2.05, 4.69) is 28.2 Å². The van der Waals surface area contributed by atoms with Crippen molar-refractivity contribution in [2.75, 3.05) is 12.3 Å². The van der Waals surface area contributed by atoms with E-state index in [1.54, 1.807) is 11.8 Å². The average molecular weight is 316 g/mol. The summed E-state index contributed by atoms with van der Waals surface area (Å²) in [6.45, 7) is 2.89. The molecule has 1 aromatic rings. The van der Waals surface area contributed by atoms with Crippen molar-refractivity contribution < 1.29 is 4.79 Å². The number of alkyl halides is 1. The Labute approximate surface area is 116 Å². The first-order valence-corrected chi connectivity index (χ1v) is 7.67. The van der Waals surface area contributed by atoms with Crippen molar-refractivity contribution in [3.05, 3.63) is 30.3 Å². The number of amides is 1. The lowest BCUT2D eigenvalue weighted by Crippen LogP contribution is -2.26. The third-order valence-corrected chi connectivity index (χ3v) is 3.68. The van der Waals surface area contributed by atoms with Gasteiger partial charge in [-0.2, -0.15) is 0 Å². The quantitative estimate of drug-likeness (QED) is 0.474. The van der Waals surface area contributed by atoms with Crippen molar-refractivity contribution in [2.45, 2.75) is 29.5 Å². The minimum absolute atomic E-state index is 0.112. The first-order chi connectivity index (χ1) is 8.18. The number of carbonyl (C=O) groups excluding carboxylic acids is 1. The number of carbonyl (C=O) groups is 1. The molecule has 0 aliphatic heterocycles. The van der Waals surface area contributed by atoms with Crippen LogP contribution >= 0.6 is 27.7 Å². The summed E-state index contributed by atoms with van der Waals surface area (Å²) in [7, 11) is 0. The van der Waals surface area contributed by atoms with Gasteiger partial charge in [-0.15, -0.1) is 11.8 Å². The van der Waals surface area contributed by atoms with Gasteiger partial charge >= 0.3 is 0 Å². The normalized spacial score (nSPS) is 12.1. The van der Waals surface area contributed by atoms with Crippen LogP contribution in [0.3, 0.4) is 0 Å². The SMILES string of the molecule is CC(Br)CCCNC(=O)CSc1ccccc1. The molecule has 1 rings (SSSR count).